The van der Waals surface area contributed by atoms with E-state index >= 15 is 0 Å². The van der Waals surface area contributed by atoms with E-state index in [0.717, 1.165) is 25.9 Å². The van der Waals surface area contributed by atoms with E-state index in [0.29, 0.717) is 18.2 Å². The average molecular weight is 308 g/mol. The molecule has 1 unspecified atom stereocenters. The highest BCUT2D eigenvalue weighted by atomic mass is 32.2. The fourth-order valence-corrected chi connectivity index (χ4v) is 3.87. The van der Waals surface area contributed by atoms with Gasteiger partial charge >= 0.3 is 0 Å². The Morgan fingerprint density at radius 1 is 1.52 bits per heavy atom. The van der Waals surface area contributed by atoms with Crippen LogP contribution in [0.25, 0.3) is 0 Å². The molecule has 7 heteroatoms. The van der Waals surface area contributed by atoms with Crippen molar-refractivity contribution in [3.63, 3.8) is 0 Å². The molecular formula is C14H20N4O2S. The molecule has 1 aromatic carbocycles. The monoisotopic (exact) mass is 308 g/mol. The zero-order valence-electron chi connectivity index (χ0n) is 12.0. The number of nitrogens with two attached hydrogens (primary N) is 1. The molecule has 0 bridgehead atoms. The predicted octanol–water partition coefficient (Wildman–Crippen LogP) is 0.761. The summed E-state index contributed by atoms with van der Waals surface area (Å²) < 4.78 is 27.3. The summed E-state index contributed by atoms with van der Waals surface area (Å²) in [5.41, 5.74) is 6.03. The highest BCUT2D eigenvalue weighted by molar-refractivity contribution is 7.89. The number of sulfonamides is 1. The van der Waals surface area contributed by atoms with Crippen molar-refractivity contribution in [3.8, 4) is 6.07 Å². The lowest BCUT2D eigenvalue weighted by Crippen LogP contribution is -2.39. The molecule has 2 rings (SSSR count). The third-order valence-electron chi connectivity index (χ3n) is 3.70. The summed E-state index contributed by atoms with van der Waals surface area (Å²) in [6, 6.07) is 6.13. The molecule has 1 saturated heterocycles. The van der Waals surface area contributed by atoms with Crippen LogP contribution < -0.4 is 10.5 Å². The number of hydrogen-bond donors (Lipinski definition) is 2. The van der Waals surface area contributed by atoms with Gasteiger partial charge in [-0.15, -0.1) is 0 Å². The molecule has 0 saturated carbocycles. The first-order valence-electron chi connectivity index (χ1n) is 6.90. The van der Waals surface area contributed by atoms with Crippen LogP contribution in [-0.4, -0.2) is 40.0 Å². The van der Waals surface area contributed by atoms with Crippen molar-refractivity contribution in [2.24, 2.45) is 5.92 Å². The van der Waals surface area contributed by atoms with Crippen molar-refractivity contribution < 1.29 is 8.42 Å². The van der Waals surface area contributed by atoms with Crippen molar-refractivity contribution >= 4 is 15.7 Å². The molecule has 1 aliphatic rings. The number of nitriles is 1. The first-order valence-corrected chi connectivity index (χ1v) is 8.38. The Morgan fingerprint density at radius 2 is 2.29 bits per heavy atom. The van der Waals surface area contributed by atoms with E-state index in [9.17, 15) is 8.42 Å². The molecular weight excluding hydrogens is 288 g/mol. The summed E-state index contributed by atoms with van der Waals surface area (Å²) >= 11 is 0. The Hall–Kier alpha value is -1.62. The molecule has 0 spiro atoms. The van der Waals surface area contributed by atoms with Crippen LogP contribution in [0.15, 0.2) is 23.1 Å². The summed E-state index contributed by atoms with van der Waals surface area (Å²) in [5, 5.41) is 9.05. The summed E-state index contributed by atoms with van der Waals surface area (Å²) in [6.07, 6.45) is 2.09. The van der Waals surface area contributed by atoms with Crippen LogP contribution in [0.2, 0.25) is 0 Å². The molecule has 0 aromatic heterocycles. The van der Waals surface area contributed by atoms with Crippen molar-refractivity contribution in [1.82, 2.24) is 9.62 Å². The molecule has 1 fully saturated rings. The van der Waals surface area contributed by atoms with Gasteiger partial charge in [0.1, 0.15) is 6.07 Å². The Kier molecular flexibility index (Phi) is 4.83. The number of hydrogen-bond acceptors (Lipinski definition) is 5. The molecule has 6 nitrogen and oxygen atoms in total. The lowest BCUT2D eigenvalue weighted by atomic mass is 9.99. The summed E-state index contributed by atoms with van der Waals surface area (Å²) in [6.45, 7) is 2.33. The lowest BCUT2D eigenvalue weighted by Gasteiger charge is -2.29. The van der Waals surface area contributed by atoms with Gasteiger partial charge in [-0.2, -0.15) is 5.26 Å². The van der Waals surface area contributed by atoms with Crippen molar-refractivity contribution in [3.05, 3.63) is 23.8 Å². The molecule has 3 N–H and O–H groups in total. The van der Waals surface area contributed by atoms with Crippen LogP contribution in [0.1, 0.15) is 18.4 Å². The van der Waals surface area contributed by atoms with Crippen molar-refractivity contribution in [2.45, 2.75) is 17.7 Å². The second-order valence-electron chi connectivity index (χ2n) is 5.49. The van der Waals surface area contributed by atoms with Crippen LogP contribution in [0.3, 0.4) is 0 Å². The van der Waals surface area contributed by atoms with Crippen LogP contribution in [0, 0.1) is 17.2 Å². The molecule has 114 valence electrons. The Labute approximate surface area is 125 Å². The molecule has 1 atom stereocenters. The van der Waals surface area contributed by atoms with Gasteiger partial charge < -0.3 is 10.6 Å². The van der Waals surface area contributed by atoms with Gasteiger partial charge in [0, 0.05) is 18.8 Å². The lowest BCUT2D eigenvalue weighted by molar-refractivity contribution is 0.211. The number of nitrogen functional groups attached to an aromatic ring is 1. The minimum atomic E-state index is -3.68. The van der Waals surface area contributed by atoms with Crippen LogP contribution in [0.4, 0.5) is 5.69 Å². The van der Waals surface area contributed by atoms with E-state index in [2.05, 4.69) is 9.62 Å². The van der Waals surface area contributed by atoms with Crippen LogP contribution >= 0.6 is 0 Å². The van der Waals surface area contributed by atoms with E-state index in [4.69, 9.17) is 11.0 Å². The van der Waals surface area contributed by atoms with Gasteiger partial charge in [0.15, 0.2) is 0 Å². The predicted molar refractivity (Wildman–Crippen MR) is 81.0 cm³/mol. The molecule has 1 heterocycles. The van der Waals surface area contributed by atoms with Gasteiger partial charge in [0.25, 0.3) is 0 Å². The van der Waals surface area contributed by atoms with Gasteiger partial charge in [-0.3, -0.25) is 0 Å². The van der Waals surface area contributed by atoms with E-state index in [1.807, 2.05) is 13.1 Å². The summed E-state index contributed by atoms with van der Waals surface area (Å²) in [5.74, 6) is 0.304. The topological polar surface area (TPSA) is 99.2 Å². The van der Waals surface area contributed by atoms with Crippen LogP contribution in [-0.2, 0) is 10.0 Å². The maximum Gasteiger partial charge on any atom is 0.241 e. The minimum absolute atomic E-state index is 0.0108. The van der Waals surface area contributed by atoms with Gasteiger partial charge in [0.2, 0.25) is 10.0 Å². The highest BCUT2D eigenvalue weighted by Gasteiger charge is 2.22. The second kappa shape index (κ2) is 6.43. The van der Waals surface area contributed by atoms with Crippen molar-refractivity contribution in [2.75, 3.05) is 32.4 Å². The third-order valence-corrected chi connectivity index (χ3v) is 5.18. The average Bonchev–Trinajstić information content (AvgIpc) is 2.45. The molecule has 0 aliphatic carbocycles. The zero-order valence-corrected chi connectivity index (χ0v) is 12.9. The Balaban J connectivity index is 2.10. The molecule has 1 aromatic rings. The molecule has 0 radical (unpaired) electrons. The quantitative estimate of drug-likeness (QED) is 0.800. The second-order valence-corrected chi connectivity index (χ2v) is 7.23. The minimum Gasteiger partial charge on any atom is -0.399 e. The molecule has 1 aliphatic heterocycles. The molecule has 21 heavy (non-hydrogen) atoms. The Morgan fingerprint density at radius 3 is 2.95 bits per heavy atom. The van der Waals surface area contributed by atoms with Gasteiger partial charge in [-0.05, 0) is 50.6 Å². The number of likely N-dealkylation sites (tertiary alicyclic amines) is 1. The number of rotatable bonds is 4. The van der Waals surface area contributed by atoms with E-state index in [1.165, 1.54) is 18.2 Å². The maximum absolute atomic E-state index is 12.3. The number of anilines is 1. The van der Waals surface area contributed by atoms with Gasteiger partial charge in [-0.1, -0.05) is 0 Å². The van der Waals surface area contributed by atoms with E-state index in [-0.39, 0.29) is 10.5 Å². The summed E-state index contributed by atoms with van der Waals surface area (Å²) in [4.78, 5) is 2.19. The van der Waals surface area contributed by atoms with Gasteiger partial charge in [-0.25, -0.2) is 13.1 Å². The van der Waals surface area contributed by atoms with Crippen LogP contribution in [0.5, 0.6) is 0 Å². The number of nitrogens with one attached hydrogen (secondary N) is 1. The number of piperidine rings is 1. The highest BCUT2D eigenvalue weighted by Crippen LogP contribution is 2.19. The maximum atomic E-state index is 12.3. The fraction of sp³-hybridized carbons (Fsp3) is 0.500. The SMILES string of the molecule is CN1CCCC(CNS(=O)(=O)c2ccc(N)cc2C#N)C1. The first-order chi connectivity index (χ1) is 9.92. The van der Waals surface area contributed by atoms with E-state index < -0.39 is 10.0 Å². The third kappa shape index (κ3) is 3.94. The normalized spacial score (nSPS) is 20.1. The van der Waals surface area contributed by atoms with Gasteiger partial charge in [0.05, 0.1) is 10.5 Å². The van der Waals surface area contributed by atoms with Crippen molar-refractivity contribution in [1.29, 1.82) is 5.26 Å². The zero-order chi connectivity index (χ0) is 15.5. The first kappa shape index (κ1) is 15.8. The molecule has 0 amide bonds. The largest absolute Gasteiger partial charge is 0.399 e. The number of benzene rings is 1. The fourth-order valence-electron chi connectivity index (χ4n) is 2.61. The standard InChI is InChI=1S/C14H20N4O2S/c1-18-6-2-3-11(10-18)9-17-21(19,20)14-5-4-13(16)7-12(14)8-15/h4-5,7,11,17H,2-3,6,9-10,16H2,1H3. The Bertz CT molecular complexity index is 651. The van der Waals surface area contributed by atoms with E-state index in [1.54, 1.807) is 0 Å². The summed E-state index contributed by atoms with van der Waals surface area (Å²) in [7, 11) is -1.65. The number of nitrogens with zero attached hydrogens (tertiary/aromatic N) is 2. The smallest absolute Gasteiger partial charge is 0.241 e.